The van der Waals surface area contributed by atoms with Crippen LogP contribution in [0.4, 0.5) is 14.5 Å². The molecular weight excluding hydrogens is 318 g/mol. The molecule has 0 radical (unpaired) electrons. The Morgan fingerprint density at radius 2 is 2.17 bits per heavy atom. The molecule has 1 aliphatic rings. The molecule has 2 aromatic rings. The lowest BCUT2D eigenvalue weighted by Crippen LogP contribution is -2.19. The molecular formula is C16H16F2N4O2. The molecule has 3 N–H and O–H groups in total. The molecule has 1 heterocycles. The zero-order chi connectivity index (χ0) is 17.4. The summed E-state index contributed by atoms with van der Waals surface area (Å²) in [6, 6.07) is 3.33. The topological polar surface area (TPSA) is 90.0 Å². The van der Waals surface area contributed by atoms with Crippen molar-refractivity contribution in [2.45, 2.75) is 25.8 Å². The Morgan fingerprint density at radius 1 is 1.42 bits per heavy atom. The lowest BCUT2D eigenvalue weighted by atomic mass is 10.1. The van der Waals surface area contributed by atoms with E-state index in [-0.39, 0.29) is 23.2 Å². The number of benzene rings is 1. The smallest absolute Gasteiger partial charge is 0.271 e. The molecule has 1 aromatic heterocycles. The third-order valence-corrected chi connectivity index (χ3v) is 4.07. The molecule has 0 saturated heterocycles. The molecule has 1 aromatic carbocycles. The molecule has 8 heteroatoms. The second kappa shape index (κ2) is 6.03. The number of anilines is 1. The third-order valence-electron chi connectivity index (χ3n) is 4.07. The predicted octanol–water partition coefficient (Wildman–Crippen LogP) is 2.02. The fraction of sp³-hybridized carbons (Fsp3) is 0.312. The molecule has 0 spiro atoms. The van der Waals surface area contributed by atoms with Gasteiger partial charge in [-0.25, -0.2) is 8.78 Å². The quantitative estimate of drug-likeness (QED) is 0.876. The van der Waals surface area contributed by atoms with Gasteiger partial charge in [-0.05, 0) is 30.9 Å². The number of rotatable bonds is 5. The standard InChI is InChI=1S/C16H16F2N4O2/c1-2-22-7-13(14(21-22)15(19)23)20-16(24)11-6-10(11)9-4-3-8(17)5-12(9)18/h3-5,7,10-11H,2,6H2,1H3,(H2,19,23)(H,20,24)/t10-,11+/m0/s1. The number of primary amides is 1. The second-order valence-corrected chi connectivity index (χ2v) is 5.72. The number of hydrogen-bond acceptors (Lipinski definition) is 3. The van der Waals surface area contributed by atoms with Gasteiger partial charge in [0.2, 0.25) is 5.91 Å². The maximum absolute atomic E-state index is 13.8. The van der Waals surface area contributed by atoms with Crippen LogP contribution in [0.25, 0.3) is 0 Å². The summed E-state index contributed by atoms with van der Waals surface area (Å²) in [6.07, 6.45) is 1.98. The Kier molecular flexibility index (Phi) is 4.04. The number of nitrogens with two attached hydrogens (primary N) is 1. The highest BCUT2D eigenvalue weighted by Gasteiger charge is 2.45. The maximum Gasteiger partial charge on any atom is 0.271 e. The normalized spacial score (nSPS) is 19.1. The Morgan fingerprint density at radius 3 is 2.79 bits per heavy atom. The van der Waals surface area contributed by atoms with Crippen molar-refractivity contribution in [3.05, 3.63) is 47.3 Å². The average molecular weight is 334 g/mol. The Labute approximate surface area is 136 Å². The van der Waals surface area contributed by atoms with E-state index in [1.54, 1.807) is 0 Å². The van der Waals surface area contributed by atoms with E-state index < -0.39 is 23.5 Å². The van der Waals surface area contributed by atoms with Crippen molar-refractivity contribution < 1.29 is 18.4 Å². The number of aryl methyl sites for hydroxylation is 1. The Hall–Kier alpha value is -2.77. The fourth-order valence-corrected chi connectivity index (χ4v) is 2.71. The summed E-state index contributed by atoms with van der Waals surface area (Å²) in [4.78, 5) is 23.7. The van der Waals surface area contributed by atoms with Crippen molar-refractivity contribution in [2.24, 2.45) is 11.7 Å². The summed E-state index contributed by atoms with van der Waals surface area (Å²) >= 11 is 0. The van der Waals surface area contributed by atoms with Crippen LogP contribution in [0.5, 0.6) is 0 Å². The molecule has 0 aliphatic heterocycles. The van der Waals surface area contributed by atoms with Crippen LogP contribution in [0.15, 0.2) is 24.4 Å². The molecule has 0 bridgehead atoms. The number of halogens is 2. The largest absolute Gasteiger partial charge is 0.364 e. The minimum atomic E-state index is -0.741. The van der Waals surface area contributed by atoms with Crippen molar-refractivity contribution in [3.8, 4) is 0 Å². The van der Waals surface area contributed by atoms with Crippen molar-refractivity contribution in [1.29, 1.82) is 0 Å². The molecule has 1 aliphatic carbocycles. The van der Waals surface area contributed by atoms with Crippen molar-refractivity contribution >= 4 is 17.5 Å². The number of nitrogens with one attached hydrogen (secondary N) is 1. The predicted molar refractivity (Wildman–Crippen MR) is 82.3 cm³/mol. The highest BCUT2D eigenvalue weighted by atomic mass is 19.1. The highest BCUT2D eigenvalue weighted by Crippen LogP contribution is 2.48. The van der Waals surface area contributed by atoms with E-state index in [1.807, 2.05) is 6.92 Å². The molecule has 126 valence electrons. The minimum Gasteiger partial charge on any atom is -0.364 e. The van der Waals surface area contributed by atoms with Crippen LogP contribution in [-0.2, 0) is 11.3 Å². The summed E-state index contributed by atoms with van der Waals surface area (Å²) < 4.78 is 28.2. The molecule has 6 nitrogen and oxygen atoms in total. The number of aromatic nitrogens is 2. The van der Waals surface area contributed by atoms with E-state index in [0.717, 1.165) is 6.07 Å². The van der Waals surface area contributed by atoms with E-state index in [2.05, 4.69) is 10.4 Å². The zero-order valence-electron chi connectivity index (χ0n) is 12.9. The van der Waals surface area contributed by atoms with Crippen LogP contribution in [-0.4, -0.2) is 21.6 Å². The highest BCUT2D eigenvalue weighted by molar-refractivity contribution is 6.02. The SMILES string of the molecule is CCn1cc(NC(=O)[C@@H]2C[C@H]2c2ccc(F)cc2F)c(C(N)=O)n1. The lowest BCUT2D eigenvalue weighted by Gasteiger charge is -2.05. The maximum atomic E-state index is 13.8. The number of hydrogen-bond donors (Lipinski definition) is 2. The van der Waals surface area contributed by atoms with Crippen LogP contribution >= 0.6 is 0 Å². The minimum absolute atomic E-state index is 0.0182. The average Bonchev–Trinajstić information content (AvgIpc) is 3.20. The van der Waals surface area contributed by atoms with Gasteiger partial charge in [-0.2, -0.15) is 5.10 Å². The van der Waals surface area contributed by atoms with E-state index in [9.17, 15) is 18.4 Å². The first-order valence-electron chi connectivity index (χ1n) is 7.53. The first kappa shape index (κ1) is 16.1. The summed E-state index contributed by atoms with van der Waals surface area (Å²) in [5.41, 5.74) is 5.78. The molecule has 2 amide bonds. The van der Waals surface area contributed by atoms with Crippen LogP contribution in [0.2, 0.25) is 0 Å². The Bertz CT molecular complexity index is 818. The van der Waals surface area contributed by atoms with Crippen molar-refractivity contribution in [3.63, 3.8) is 0 Å². The summed E-state index contributed by atoms with van der Waals surface area (Å²) in [6.45, 7) is 2.35. The summed E-state index contributed by atoms with van der Waals surface area (Å²) in [7, 11) is 0. The van der Waals surface area contributed by atoms with E-state index >= 15 is 0 Å². The first-order valence-corrected chi connectivity index (χ1v) is 7.53. The summed E-state index contributed by atoms with van der Waals surface area (Å²) in [5.74, 6) is -3.14. The number of amides is 2. The monoisotopic (exact) mass is 334 g/mol. The van der Waals surface area contributed by atoms with E-state index in [1.165, 1.54) is 23.0 Å². The van der Waals surface area contributed by atoms with Gasteiger partial charge in [-0.15, -0.1) is 0 Å². The summed E-state index contributed by atoms with van der Waals surface area (Å²) in [5, 5.41) is 6.61. The van der Waals surface area contributed by atoms with Gasteiger partial charge in [-0.1, -0.05) is 6.07 Å². The number of carbonyl (C=O) groups is 2. The van der Waals surface area contributed by atoms with Gasteiger partial charge in [0.1, 0.15) is 11.6 Å². The van der Waals surface area contributed by atoms with Gasteiger partial charge in [0, 0.05) is 24.7 Å². The van der Waals surface area contributed by atoms with Crippen LogP contribution < -0.4 is 11.1 Å². The molecule has 24 heavy (non-hydrogen) atoms. The molecule has 0 unspecified atom stereocenters. The molecule has 3 rings (SSSR count). The van der Waals surface area contributed by atoms with Crippen LogP contribution in [0, 0.1) is 17.6 Å². The van der Waals surface area contributed by atoms with E-state index in [4.69, 9.17) is 5.73 Å². The van der Waals surface area contributed by atoms with Gasteiger partial charge in [-0.3, -0.25) is 14.3 Å². The van der Waals surface area contributed by atoms with Gasteiger partial charge in [0.25, 0.3) is 5.91 Å². The van der Waals surface area contributed by atoms with Gasteiger partial charge in [0.15, 0.2) is 5.69 Å². The van der Waals surface area contributed by atoms with Gasteiger partial charge in [0.05, 0.1) is 5.69 Å². The third kappa shape index (κ3) is 2.99. The second-order valence-electron chi connectivity index (χ2n) is 5.72. The van der Waals surface area contributed by atoms with Crippen molar-refractivity contribution in [1.82, 2.24) is 9.78 Å². The van der Waals surface area contributed by atoms with Crippen LogP contribution in [0.1, 0.15) is 35.3 Å². The Balaban J connectivity index is 1.73. The van der Waals surface area contributed by atoms with Crippen LogP contribution in [0.3, 0.4) is 0 Å². The van der Waals surface area contributed by atoms with Gasteiger partial charge >= 0.3 is 0 Å². The van der Waals surface area contributed by atoms with E-state index in [0.29, 0.717) is 18.5 Å². The molecule has 1 fully saturated rings. The lowest BCUT2D eigenvalue weighted by molar-refractivity contribution is -0.117. The first-order chi connectivity index (χ1) is 11.4. The zero-order valence-corrected chi connectivity index (χ0v) is 12.9. The van der Waals surface area contributed by atoms with Crippen molar-refractivity contribution in [2.75, 3.05) is 5.32 Å². The fourth-order valence-electron chi connectivity index (χ4n) is 2.71. The molecule has 2 atom stereocenters. The number of nitrogens with zero attached hydrogens (tertiary/aromatic N) is 2. The van der Waals surface area contributed by atoms with Gasteiger partial charge < -0.3 is 11.1 Å². The number of carbonyl (C=O) groups excluding carboxylic acids is 2. The molecule has 1 saturated carbocycles.